The summed E-state index contributed by atoms with van der Waals surface area (Å²) in [5.74, 6) is -1.76. The fourth-order valence-corrected chi connectivity index (χ4v) is 1.65. The minimum Gasteiger partial charge on any atom is -0.479 e. The van der Waals surface area contributed by atoms with E-state index in [2.05, 4.69) is 0 Å². The fraction of sp³-hybridized carbons (Fsp3) is 0.765. The van der Waals surface area contributed by atoms with E-state index in [4.69, 9.17) is 71.5 Å². The Kier molecular flexibility index (Phi) is 21.6. The van der Waals surface area contributed by atoms with Crippen LogP contribution in [0.15, 0.2) is 0 Å². The fourth-order valence-electron chi connectivity index (χ4n) is 1.65. The minimum absolute atomic E-state index is 0.0258. The zero-order valence-corrected chi connectivity index (χ0v) is 17.9. The number of hydrogen-bond donors (Lipinski definition) is 14. The molecule has 0 spiro atoms. The molecule has 0 aliphatic carbocycles. The molecule has 0 aliphatic heterocycles. The monoisotopic (exact) mass is 524 g/mol. The van der Waals surface area contributed by atoms with Gasteiger partial charge in [0.1, 0.15) is 61.0 Å². The topological polar surface area (TPSA) is 352 Å². The van der Waals surface area contributed by atoms with E-state index >= 15 is 0 Å². The van der Waals surface area contributed by atoms with Gasteiger partial charge in [0.15, 0.2) is 25.0 Å². The molecule has 0 amide bonds. The van der Waals surface area contributed by atoms with Crippen LogP contribution >= 0.6 is 0 Å². The van der Waals surface area contributed by atoms with Gasteiger partial charge in [0.05, 0.1) is 13.2 Å². The Hall–Kier alpha value is -2.04. The summed E-state index contributed by atoms with van der Waals surface area (Å²) < 4.78 is 0. The van der Waals surface area contributed by atoms with Crippen LogP contribution in [0.3, 0.4) is 0 Å². The zero-order valence-electron chi connectivity index (χ0n) is 17.9. The first kappa shape index (κ1) is 37.5. The van der Waals surface area contributed by atoms with Gasteiger partial charge in [0.2, 0.25) is 0 Å². The molecule has 0 fully saturated rings. The molecule has 0 saturated heterocycles. The van der Waals surface area contributed by atoms with Crippen LogP contribution in [-0.2, 0) is 19.2 Å². The quantitative estimate of drug-likeness (QED) is 0.0937. The number of aliphatic hydroxyl groups is 13. The average molecular weight is 524 g/mol. The van der Waals surface area contributed by atoms with Gasteiger partial charge in [0.25, 0.3) is 0 Å². The van der Waals surface area contributed by atoms with Gasteiger partial charge < -0.3 is 85.9 Å². The van der Waals surface area contributed by atoms with E-state index in [1.165, 1.54) is 0 Å². The molecule has 0 aliphatic rings. The third-order valence-corrected chi connectivity index (χ3v) is 3.91. The lowest BCUT2D eigenvalue weighted by molar-refractivity contribution is -0.163. The van der Waals surface area contributed by atoms with Crippen molar-refractivity contribution < 1.29 is 90.7 Å². The molecule has 0 aromatic carbocycles. The van der Waals surface area contributed by atoms with Crippen molar-refractivity contribution in [2.75, 3.05) is 13.2 Å². The number of aliphatic hydroxyl groups excluding tert-OH is 13. The van der Waals surface area contributed by atoms with E-state index in [-0.39, 0.29) is 18.9 Å². The third-order valence-electron chi connectivity index (χ3n) is 3.91. The second kappa shape index (κ2) is 20.2. The van der Waals surface area contributed by atoms with Crippen molar-refractivity contribution in [3.8, 4) is 0 Å². The van der Waals surface area contributed by atoms with Crippen LogP contribution in [0.4, 0.5) is 0 Å². The van der Waals surface area contributed by atoms with Crippen LogP contribution in [0.2, 0.25) is 0 Å². The second-order valence-corrected chi connectivity index (χ2v) is 6.62. The van der Waals surface area contributed by atoms with Crippen molar-refractivity contribution in [1.82, 2.24) is 0 Å². The summed E-state index contributed by atoms with van der Waals surface area (Å²) in [5.41, 5.74) is 0. The Bertz CT molecular complexity index is 589. The molecule has 18 heteroatoms. The van der Waals surface area contributed by atoms with Gasteiger partial charge in [-0.25, -0.2) is 4.79 Å². The van der Waals surface area contributed by atoms with E-state index in [9.17, 15) is 19.2 Å². The highest BCUT2D eigenvalue weighted by atomic mass is 16.4. The molecule has 14 N–H and O–H groups in total. The minimum atomic E-state index is -2.25. The van der Waals surface area contributed by atoms with Gasteiger partial charge in [-0.05, 0) is 0 Å². The summed E-state index contributed by atoms with van der Waals surface area (Å²) in [4.78, 5) is 39.6. The highest BCUT2D eigenvalue weighted by Crippen LogP contribution is 2.04. The number of carboxylic acid groups (broad SMARTS) is 1. The lowest BCUT2D eigenvalue weighted by Gasteiger charge is -2.22. The SMILES string of the molecule is O=CC(O)C(O)C(O)C(O)C(=O)O.O=CC(O)C(O)C(O)C(O)CO.O=CC(O)C(O)C(O)CO. The highest BCUT2D eigenvalue weighted by Gasteiger charge is 2.34. The molecule has 35 heavy (non-hydrogen) atoms. The summed E-state index contributed by atoms with van der Waals surface area (Å²) in [6, 6.07) is 0. The van der Waals surface area contributed by atoms with Crippen molar-refractivity contribution in [3.05, 3.63) is 0 Å². The van der Waals surface area contributed by atoms with Gasteiger partial charge in [-0.1, -0.05) is 0 Å². The van der Waals surface area contributed by atoms with Crippen molar-refractivity contribution in [2.45, 2.75) is 67.1 Å². The normalized spacial score (nSPS) is 20.3. The molecule has 18 nitrogen and oxygen atoms in total. The lowest BCUT2D eigenvalue weighted by atomic mass is 10.0. The molecule has 0 bridgehead atoms. The molecule has 11 unspecified atom stereocenters. The van der Waals surface area contributed by atoms with Crippen LogP contribution < -0.4 is 0 Å². The molecule has 0 saturated carbocycles. The maximum absolute atomic E-state index is 10.1. The Balaban J connectivity index is -0.000000443. The first-order valence-electron chi connectivity index (χ1n) is 9.38. The maximum atomic E-state index is 10.1. The molecule has 0 aromatic rings. The standard InChI is InChI=1S/C6H10O7.C6H12O6.C5H10O5/c7-1-2(8)3(9)4(10)5(11)6(12)13;7-1-3(9)5(11)6(12)4(10)2-8;6-1-3(8)5(10)4(9)2-7/h1-5,8-11H,(H,12,13);1,3-6,8-12H,2H2;1,3-5,7-10H,2H2. The van der Waals surface area contributed by atoms with E-state index in [0.717, 1.165) is 0 Å². The Labute approximate surface area is 196 Å². The van der Waals surface area contributed by atoms with E-state index < -0.39 is 86.3 Å². The van der Waals surface area contributed by atoms with Gasteiger partial charge in [-0.3, -0.25) is 0 Å². The lowest BCUT2D eigenvalue weighted by Crippen LogP contribution is -2.48. The molecule has 208 valence electrons. The number of carboxylic acids is 1. The molecule has 11 atom stereocenters. The van der Waals surface area contributed by atoms with Gasteiger partial charge in [0, 0.05) is 0 Å². The molecular formula is C17H32O18. The number of carbonyl (C=O) groups is 4. The number of rotatable bonds is 14. The first-order chi connectivity index (χ1) is 16.1. The summed E-state index contributed by atoms with van der Waals surface area (Å²) >= 11 is 0. The van der Waals surface area contributed by atoms with Crippen LogP contribution in [0.25, 0.3) is 0 Å². The molecule has 0 heterocycles. The highest BCUT2D eigenvalue weighted by molar-refractivity contribution is 5.73. The predicted octanol–water partition coefficient (Wildman–Crippen LogP) is -9.41. The summed E-state index contributed by atoms with van der Waals surface area (Å²) in [6.45, 7) is -1.45. The molecular weight excluding hydrogens is 492 g/mol. The number of hydrogen-bond acceptors (Lipinski definition) is 17. The summed E-state index contributed by atoms with van der Waals surface area (Å²) in [7, 11) is 0. The molecule has 0 radical (unpaired) electrons. The maximum Gasteiger partial charge on any atom is 0.335 e. The third kappa shape index (κ3) is 14.8. The summed E-state index contributed by atoms with van der Waals surface area (Å²) in [6.07, 6.45) is -19.9. The Morgan fingerprint density at radius 2 is 0.800 bits per heavy atom. The number of carbonyl (C=O) groups excluding carboxylic acids is 3. The average Bonchev–Trinajstić information content (AvgIpc) is 2.88. The molecule has 0 aromatic heterocycles. The van der Waals surface area contributed by atoms with E-state index in [1.54, 1.807) is 0 Å². The van der Waals surface area contributed by atoms with E-state index in [1.807, 2.05) is 0 Å². The van der Waals surface area contributed by atoms with Crippen molar-refractivity contribution in [3.63, 3.8) is 0 Å². The van der Waals surface area contributed by atoms with Crippen LogP contribution in [-0.4, -0.2) is 177 Å². The van der Waals surface area contributed by atoms with Gasteiger partial charge in [-0.15, -0.1) is 0 Å². The first-order valence-corrected chi connectivity index (χ1v) is 9.38. The van der Waals surface area contributed by atoms with Crippen LogP contribution in [0.5, 0.6) is 0 Å². The van der Waals surface area contributed by atoms with Crippen LogP contribution in [0.1, 0.15) is 0 Å². The summed E-state index contributed by atoms with van der Waals surface area (Å²) in [5, 5.41) is 121. The van der Waals surface area contributed by atoms with Crippen molar-refractivity contribution in [1.29, 1.82) is 0 Å². The predicted molar refractivity (Wildman–Crippen MR) is 106 cm³/mol. The zero-order chi connectivity index (χ0) is 28.5. The van der Waals surface area contributed by atoms with Gasteiger partial charge in [-0.2, -0.15) is 0 Å². The smallest absolute Gasteiger partial charge is 0.335 e. The van der Waals surface area contributed by atoms with Crippen molar-refractivity contribution >= 4 is 24.8 Å². The largest absolute Gasteiger partial charge is 0.479 e. The Morgan fingerprint density at radius 1 is 0.514 bits per heavy atom. The second-order valence-electron chi connectivity index (χ2n) is 6.62. The number of aldehydes is 3. The van der Waals surface area contributed by atoms with Gasteiger partial charge >= 0.3 is 5.97 Å². The Morgan fingerprint density at radius 3 is 1.09 bits per heavy atom. The number of aliphatic carboxylic acids is 1. The van der Waals surface area contributed by atoms with Crippen molar-refractivity contribution in [2.24, 2.45) is 0 Å². The molecule has 0 rings (SSSR count). The van der Waals surface area contributed by atoms with Crippen LogP contribution in [0, 0.1) is 0 Å². The van der Waals surface area contributed by atoms with E-state index in [0.29, 0.717) is 0 Å².